The van der Waals surface area contributed by atoms with E-state index in [2.05, 4.69) is 0 Å². The highest BCUT2D eigenvalue weighted by Gasteiger charge is 2.16. The molecule has 0 bridgehead atoms. The minimum Gasteiger partial charge on any atom is -0.461 e. The summed E-state index contributed by atoms with van der Waals surface area (Å²) in [5.74, 6) is 1.17. The van der Waals surface area contributed by atoms with E-state index in [4.69, 9.17) is 9.40 Å². The van der Waals surface area contributed by atoms with Gasteiger partial charge in [-0.3, -0.25) is 9.36 Å². The van der Waals surface area contributed by atoms with Gasteiger partial charge in [-0.15, -0.1) is 11.3 Å². The molecule has 23 heavy (non-hydrogen) atoms. The second kappa shape index (κ2) is 5.52. The Balaban J connectivity index is 2.03. The molecule has 0 unspecified atom stereocenters. The van der Waals surface area contributed by atoms with Gasteiger partial charge in [0.1, 0.15) is 0 Å². The molecule has 4 aromatic rings. The molecule has 3 heterocycles. The van der Waals surface area contributed by atoms with Gasteiger partial charge < -0.3 is 4.42 Å². The van der Waals surface area contributed by atoms with E-state index in [0.29, 0.717) is 23.5 Å². The molecule has 0 atom stereocenters. The maximum Gasteiger partial charge on any atom is 0.262 e. The third-order valence-corrected chi connectivity index (χ3v) is 4.68. The molecule has 1 aromatic carbocycles. The van der Waals surface area contributed by atoms with Crippen LogP contribution in [0.5, 0.6) is 0 Å². The van der Waals surface area contributed by atoms with Crippen molar-refractivity contribution in [3.05, 3.63) is 74.9 Å². The molecule has 114 valence electrons. The van der Waals surface area contributed by atoms with Gasteiger partial charge >= 0.3 is 0 Å². The van der Waals surface area contributed by atoms with Crippen LogP contribution in [-0.4, -0.2) is 9.55 Å². The third-order valence-electron chi connectivity index (χ3n) is 3.82. The van der Waals surface area contributed by atoms with E-state index in [0.717, 1.165) is 16.0 Å². The zero-order chi connectivity index (χ0) is 15.8. The molecule has 3 aromatic heterocycles. The van der Waals surface area contributed by atoms with Crippen molar-refractivity contribution in [2.24, 2.45) is 0 Å². The van der Waals surface area contributed by atoms with Crippen molar-refractivity contribution in [1.82, 2.24) is 9.55 Å². The first-order valence-electron chi connectivity index (χ1n) is 7.30. The summed E-state index contributed by atoms with van der Waals surface area (Å²) >= 11 is 1.62. The first-order valence-corrected chi connectivity index (χ1v) is 8.18. The van der Waals surface area contributed by atoms with E-state index in [1.54, 1.807) is 28.2 Å². The lowest BCUT2D eigenvalue weighted by atomic mass is 10.1. The van der Waals surface area contributed by atoms with Crippen molar-refractivity contribution in [2.45, 2.75) is 13.5 Å². The summed E-state index contributed by atoms with van der Waals surface area (Å²) in [7, 11) is 0. The number of para-hydroxylation sites is 1. The summed E-state index contributed by atoms with van der Waals surface area (Å²) in [5, 5.41) is 2.64. The van der Waals surface area contributed by atoms with Gasteiger partial charge in [0.2, 0.25) is 0 Å². The molecular weight excluding hydrogens is 308 g/mol. The lowest BCUT2D eigenvalue weighted by molar-refractivity contribution is 0.568. The van der Waals surface area contributed by atoms with Gasteiger partial charge in [-0.1, -0.05) is 18.2 Å². The zero-order valence-corrected chi connectivity index (χ0v) is 13.3. The van der Waals surface area contributed by atoms with Crippen LogP contribution >= 0.6 is 11.3 Å². The van der Waals surface area contributed by atoms with Crippen molar-refractivity contribution in [1.29, 1.82) is 0 Å². The summed E-state index contributed by atoms with van der Waals surface area (Å²) in [4.78, 5) is 18.8. The van der Waals surface area contributed by atoms with E-state index in [-0.39, 0.29) is 5.56 Å². The molecule has 0 N–H and O–H groups in total. The van der Waals surface area contributed by atoms with Crippen LogP contribution in [0.2, 0.25) is 0 Å². The minimum absolute atomic E-state index is 0.0431. The second-order valence-electron chi connectivity index (χ2n) is 5.35. The molecule has 4 nitrogen and oxygen atoms in total. The number of rotatable bonds is 3. The maximum atomic E-state index is 13.0. The highest BCUT2D eigenvalue weighted by molar-refractivity contribution is 7.09. The largest absolute Gasteiger partial charge is 0.461 e. The molecule has 5 heteroatoms. The monoisotopic (exact) mass is 322 g/mol. The Labute approximate surface area is 136 Å². The van der Waals surface area contributed by atoms with Crippen molar-refractivity contribution >= 4 is 22.2 Å². The first-order chi connectivity index (χ1) is 11.2. The van der Waals surface area contributed by atoms with E-state index in [9.17, 15) is 4.79 Å². The number of hydrogen-bond acceptors (Lipinski definition) is 4. The van der Waals surface area contributed by atoms with Gasteiger partial charge in [-0.25, -0.2) is 4.98 Å². The number of fused-ring (bicyclic) bond motifs is 1. The molecule has 0 saturated carbocycles. The van der Waals surface area contributed by atoms with Crippen LogP contribution in [0, 0.1) is 6.92 Å². The number of thiophene rings is 1. The molecular formula is C18H14N2O2S. The normalized spacial score (nSPS) is 11.2. The topological polar surface area (TPSA) is 48.0 Å². The van der Waals surface area contributed by atoms with Gasteiger partial charge in [-0.2, -0.15) is 0 Å². The highest BCUT2D eigenvalue weighted by atomic mass is 32.1. The van der Waals surface area contributed by atoms with Crippen LogP contribution in [0.3, 0.4) is 0 Å². The van der Waals surface area contributed by atoms with Crippen LogP contribution in [0.4, 0.5) is 0 Å². The molecule has 0 fully saturated rings. The predicted octanol–water partition coefficient (Wildman–Crippen LogP) is 4.07. The van der Waals surface area contributed by atoms with E-state index < -0.39 is 0 Å². The third kappa shape index (κ3) is 2.39. The summed E-state index contributed by atoms with van der Waals surface area (Å²) in [6, 6.07) is 13.3. The Bertz CT molecular complexity index is 1020. The average Bonchev–Trinajstić information content (AvgIpc) is 3.24. The van der Waals surface area contributed by atoms with E-state index in [1.807, 2.05) is 48.7 Å². The summed E-state index contributed by atoms with van der Waals surface area (Å²) in [6.07, 6.45) is 1.60. The van der Waals surface area contributed by atoms with Gasteiger partial charge in [0.05, 0.1) is 23.7 Å². The minimum atomic E-state index is -0.0431. The van der Waals surface area contributed by atoms with Gasteiger partial charge in [-0.05, 0) is 42.1 Å². The standard InChI is InChI=1S/C18H14N2O2S/c1-12-5-2-7-14-16(12)19-17(15-8-3-9-22-15)20(18(14)21)11-13-6-4-10-23-13/h2-10H,11H2,1H3. The zero-order valence-electron chi connectivity index (χ0n) is 12.5. The molecule has 0 saturated heterocycles. The molecule has 0 aliphatic carbocycles. The fourth-order valence-corrected chi connectivity index (χ4v) is 3.38. The Morgan fingerprint density at radius 2 is 2.09 bits per heavy atom. The molecule has 0 aliphatic rings. The number of hydrogen-bond donors (Lipinski definition) is 0. The van der Waals surface area contributed by atoms with Gasteiger partial charge in [0, 0.05) is 4.88 Å². The number of benzene rings is 1. The number of furan rings is 1. The smallest absolute Gasteiger partial charge is 0.262 e. The van der Waals surface area contributed by atoms with E-state index in [1.165, 1.54) is 0 Å². The number of nitrogens with zero attached hydrogens (tertiary/aromatic N) is 2. The Morgan fingerprint density at radius 3 is 2.83 bits per heavy atom. The number of aryl methyl sites for hydroxylation is 1. The first kappa shape index (κ1) is 14.0. The summed E-state index contributed by atoms with van der Waals surface area (Å²) in [5.41, 5.74) is 1.67. The number of aromatic nitrogens is 2. The molecule has 0 amide bonds. The van der Waals surface area contributed by atoms with Crippen LogP contribution in [0.1, 0.15) is 10.4 Å². The average molecular weight is 322 g/mol. The van der Waals surface area contributed by atoms with Crippen molar-refractivity contribution in [3.8, 4) is 11.6 Å². The lowest BCUT2D eigenvalue weighted by Crippen LogP contribution is -2.24. The fourth-order valence-electron chi connectivity index (χ4n) is 2.69. The van der Waals surface area contributed by atoms with Crippen LogP contribution < -0.4 is 5.56 Å². The molecule has 4 rings (SSSR count). The summed E-state index contributed by atoms with van der Waals surface area (Å²) in [6.45, 7) is 2.45. The Morgan fingerprint density at radius 1 is 1.17 bits per heavy atom. The van der Waals surface area contributed by atoms with Gasteiger partial charge in [0.25, 0.3) is 5.56 Å². The van der Waals surface area contributed by atoms with Gasteiger partial charge in [0.15, 0.2) is 11.6 Å². The van der Waals surface area contributed by atoms with E-state index >= 15 is 0 Å². The highest BCUT2D eigenvalue weighted by Crippen LogP contribution is 2.22. The second-order valence-corrected chi connectivity index (χ2v) is 6.39. The maximum absolute atomic E-state index is 13.0. The van der Waals surface area contributed by atoms with Crippen molar-refractivity contribution < 1.29 is 4.42 Å². The Kier molecular flexibility index (Phi) is 3.35. The SMILES string of the molecule is Cc1cccc2c(=O)n(Cc3cccs3)c(-c3ccco3)nc12. The quantitative estimate of drug-likeness (QED) is 0.571. The van der Waals surface area contributed by atoms with Crippen LogP contribution in [-0.2, 0) is 6.54 Å². The van der Waals surface area contributed by atoms with Crippen LogP contribution in [0.25, 0.3) is 22.5 Å². The molecule has 0 radical (unpaired) electrons. The molecule has 0 spiro atoms. The fraction of sp³-hybridized carbons (Fsp3) is 0.111. The molecule has 0 aliphatic heterocycles. The van der Waals surface area contributed by atoms with Crippen molar-refractivity contribution in [3.63, 3.8) is 0 Å². The lowest BCUT2D eigenvalue weighted by Gasteiger charge is -2.12. The van der Waals surface area contributed by atoms with Crippen LogP contribution in [0.15, 0.2) is 63.3 Å². The predicted molar refractivity (Wildman–Crippen MR) is 91.9 cm³/mol. The van der Waals surface area contributed by atoms with Crippen molar-refractivity contribution in [2.75, 3.05) is 0 Å². The summed E-state index contributed by atoms with van der Waals surface area (Å²) < 4.78 is 7.19. The Hall–Kier alpha value is -2.66.